The van der Waals surface area contributed by atoms with Crippen molar-refractivity contribution in [1.29, 1.82) is 0 Å². The summed E-state index contributed by atoms with van der Waals surface area (Å²) >= 11 is 0. The van der Waals surface area contributed by atoms with E-state index in [2.05, 4.69) is 72.9 Å². The van der Waals surface area contributed by atoms with Crippen molar-refractivity contribution in [3.8, 4) is 11.3 Å². The molecule has 6 rings (SSSR count). The lowest BCUT2D eigenvalue weighted by Crippen LogP contribution is -2.46. The van der Waals surface area contributed by atoms with E-state index < -0.39 is 0 Å². The van der Waals surface area contributed by atoms with Crippen LogP contribution >= 0.6 is 0 Å². The van der Waals surface area contributed by atoms with E-state index >= 15 is 0 Å². The Morgan fingerprint density at radius 3 is 2.36 bits per heavy atom. The first kappa shape index (κ1) is 17.9. The molecule has 0 amide bonds. The van der Waals surface area contributed by atoms with Crippen LogP contribution in [0.1, 0.15) is 61.0 Å². The van der Waals surface area contributed by atoms with Crippen LogP contribution in [-0.2, 0) is 0 Å². The minimum Gasteiger partial charge on any atom is -0.354 e. The lowest BCUT2D eigenvalue weighted by molar-refractivity contribution is 0.0871. The number of rotatable bonds is 3. The maximum atomic E-state index is 4.57. The van der Waals surface area contributed by atoms with Gasteiger partial charge in [-0.15, -0.1) is 0 Å². The van der Waals surface area contributed by atoms with Crippen LogP contribution < -0.4 is 0 Å². The monoisotopic (exact) mass is 373 g/mol. The molecule has 28 heavy (non-hydrogen) atoms. The number of benzene rings is 1. The minimum absolute atomic E-state index is 0.472. The quantitative estimate of drug-likeness (QED) is 0.631. The smallest absolute Gasteiger partial charge is 0.0501 e. The molecule has 3 aliphatic rings. The summed E-state index contributed by atoms with van der Waals surface area (Å²) in [6.45, 7) is 12.6. The summed E-state index contributed by atoms with van der Waals surface area (Å²) in [5, 5.41) is 1.41. The molecule has 3 nitrogen and oxygen atoms in total. The van der Waals surface area contributed by atoms with Crippen molar-refractivity contribution in [3.05, 3.63) is 52.8 Å². The van der Waals surface area contributed by atoms with E-state index in [0.29, 0.717) is 11.8 Å². The van der Waals surface area contributed by atoms with Crippen molar-refractivity contribution >= 4 is 10.9 Å². The molecule has 1 aromatic carbocycles. The zero-order valence-corrected chi connectivity index (χ0v) is 17.5. The first-order valence-corrected chi connectivity index (χ1v) is 10.8. The van der Waals surface area contributed by atoms with Crippen LogP contribution in [0.3, 0.4) is 0 Å². The molecule has 2 aromatic heterocycles. The number of H-pyrrole nitrogens is 1. The molecular weight excluding hydrogens is 342 g/mol. The first-order valence-electron chi connectivity index (χ1n) is 10.8. The van der Waals surface area contributed by atoms with Crippen LogP contribution in [0.15, 0.2) is 30.3 Å². The van der Waals surface area contributed by atoms with Crippen molar-refractivity contribution in [1.82, 2.24) is 14.9 Å². The summed E-state index contributed by atoms with van der Waals surface area (Å²) in [6, 6.07) is 11.6. The third kappa shape index (κ3) is 2.97. The average Bonchev–Trinajstić information content (AvgIpc) is 3.07. The molecule has 1 unspecified atom stereocenters. The normalized spacial score (nSPS) is 24.4. The predicted molar refractivity (Wildman–Crippen MR) is 117 cm³/mol. The van der Waals surface area contributed by atoms with Gasteiger partial charge in [0.2, 0.25) is 0 Å². The van der Waals surface area contributed by atoms with Crippen LogP contribution in [0, 0.1) is 19.8 Å². The second kappa shape index (κ2) is 6.73. The standard InChI is InChI=1S/C25H31N3/c1-15(2)24-21-13-19(22-14-28-9-7-18(22)8-10-28)5-6-23(21)27-25(24)20-11-16(3)26-17(4)12-20/h5-6,11-13,15,18,22,27H,7-10,14H2,1-4H3. The molecule has 3 fully saturated rings. The summed E-state index contributed by atoms with van der Waals surface area (Å²) in [5.41, 5.74) is 8.93. The summed E-state index contributed by atoms with van der Waals surface area (Å²) in [4.78, 5) is 11.0. The first-order chi connectivity index (χ1) is 13.5. The maximum absolute atomic E-state index is 4.57. The largest absolute Gasteiger partial charge is 0.354 e. The highest BCUT2D eigenvalue weighted by atomic mass is 15.1. The Morgan fingerprint density at radius 1 is 1.04 bits per heavy atom. The van der Waals surface area contributed by atoms with E-state index in [1.165, 1.54) is 65.8 Å². The minimum atomic E-state index is 0.472. The van der Waals surface area contributed by atoms with Crippen LogP contribution in [0.25, 0.3) is 22.2 Å². The fourth-order valence-corrected chi connectivity index (χ4v) is 5.61. The Morgan fingerprint density at radius 2 is 1.75 bits per heavy atom. The summed E-state index contributed by atoms with van der Waals surface area (Å²) in [6.07, 6.45) is 2.74. The van der Waals surface area contributed by atoms with Crippen molar-refractivity contribution in [2.75, 3.05) is 19.6 Å². The number of fused-ring (bicyclic) bond motifs is 4. The van der Waals surface area contributed by atoms with Crippen molar-refractivity contribution < 1.29 is 0 Å². The SMILES string of the molecule is Cc1cc(-c2[nH]c3ccc(C4CN5CCC4CC5)cc3c2C(C)C)cc(C)n1. The molecule has 146 valence electrons. The lowest BCUT2D eigenvalue weighted by Gasteiger charge is -2.45. The molecule has 1 atom stereocenters. The highest BCUT2D eigenvalue weighted by Gasteiger charge is 2.35. The Bertz CT molecular complexity index is 1000. The number of pyridine rings is 1. The number of hydrogen-bond acceptors (Lipinski definition) is 2. The molecule has 3 aliphatic heterocycles. The van der Waals surface area contributed by atoms with E-state index in [1.54, 1.807) is 0 Å². The summed E-state index contributed by atoms with van der Waals surface area (Å²) in [5.74, 6) is 2.05. The number of aryl methyl sites for hydroxylation is 2. The second-order valence-corrected chi connectivity index (χ2v) is 9.26. The van der Waals surface area contributed by atoms with Crippen LogP contribution in [0.4, 0.5) is 0 Å². The Labute approximate surface area is 168 Å². The fourth-order valence-electron chi connectivity index (χ4n) is 5.61. The summed E-state index contributed by atoms with van der Waals surface area (Å²) < 4.78 is 0. The van der Waals surface area contributed by atoms with Gasteiger partial charge in [0.1, 0.15) is 0 Å². The maximum Gasteiger partial charge on any atom is 0.0501 e. The molecule has 3 saturated heterocycles. The Balaban J connectivity index is 1.64. The Kier molecular flexibility index (Phi) is 4.31. The van der Waals surface area contributed by atoms with Crippen molar-refractivity contribution in [3.63, 3.8) is 0 Å². The third-order valence-electron chi connectivity index (χ3n) is 6.89. The van der Waals surface area contributed by atoms with E-state index in [-0.39, 0.29) is 0 Å². The molecule has 0 spiro atoms. The molecule has 5 heterocycles. The predicted octanol–water partition coefficient (Wildman–Crippen LogP) is 5.78. The number of nitrogens with zero attached hydrogens (tertiary/aromatic N) is 2. The molecule has 3 aromatic rings. The van der Waals surface area contributed by atoms with Crippen molar-refractivity contribution in [2.45, 2.75) is 52.4 Å². The van der Waals surface area contributed by atoms with Gasteiger partial charge in [-0.05, 0) is 92.9 Å². The highest BCUT2D eigenvalue weighted by Crippen LogP contribution is 2.42. The van der Waals surface area contributed by atoms with Gasteiger partial charge in [-0.1, -0.05) is 19.9 Å². The number of aromatic amines is 1. The molecule has 3 heteroatoms. The Hall–Kier alpha value is -2.13. The zero-order valence-electron chi connectivity index (χ0n) is 17.5. The van der Waals surface area contributed by atoms with E-state index in [0.717, 1.165) is 17.3 Å². The van der Waals surface area contributed by atoms with Crippen LogP contribution in [0.5, 0.6) is 0 Å². The van der Waals surface area contributed by atoms with Crippen LogP contribution in [-0.4, -0.2) is 34.5 Å². The molecule has 0 saturated carbocycles. The molecule has 1 N–H and O–H groups in total. The highest BCUT2D eigenvalue weighted by molar-refractivity contribution is 5.92. The van der Waals surface area contributed by atoms with Gasteiger partial charge in [-0.2, -0.15) is 0 Å². The summed E-state index contributed by atoms with van der Waals surface area (Å²) in [7, 11) is 0. The fraction of sp³-hybridized carbons (Fsp3) is 0.480. The van der Waals surface area contributed by atoms with Gasteiger partial charge in [0.25, 0.3) is 0 Å². The zero-order chi connectivity index (χ0) is 19.4. The average molecular weight is 374 g/mol. The van der Waals surface area contributed by atoms with Gasteiger partial charge >= 0.3 is 0 Å². The van der Waals surface area contributed by atoms with E-state index in [4.69, 9.17) is 0 Å². The van der Waals surface area contributed by atoms with Crippen LogP contribution in [0.2, 0.25) is 0 Å². The van der Waals surface area contributed by atoms with E-state index in [1.807, 2.05) is 0 Å². The van der Waals surface area contributed by atoms with Gasteiger partial charge in [0.15, 0.2) is 0 Å². The van der Waals surface area contributed by atoms with Gasteiger partial charge in [-0.3, -0.25) is 4.98 Å². The van der Waals surface area contributed by atoms with Gasteiger partial charge in [-0.25, -0.2) is 0 Å². The lowest BCUT2D eigenvalue weighted by atomic mass is 9.75. The molecule has 0 aliphatic carbocycles. The van der Waals surface area contributed by atoms with E-state index in [9.17, 15) is 0 Å². The number of piperidine rings is 3. The van der Waals surface area contributed by atoms with Gasteiger partial charge < -0.3 is 9.88 Å². The number of hydrogen-bond donors (Lipinski definition) is 1. The topological polar surface area (TPSA) is 31.9 Å². The molecule has 0 radical (unpaired) electrons. The molecular formula is C25H31N3. The number of aromatic nitrogens is 2. The second-order valence-electron chi connectivity index (χ2n) is 9.26. The third-order valence-corrected chi connectivity index (χ3v) is 6.89. The van der Waals surface area contributed by atoms with Crippen molar-refractivity contribution in [2.24, 2.45) is 5.92 Å². The number of nitrogens with one attached hydrogen (secondary N) is 1. The van der Waals surface area contributed by atoms with Gasteiger partial charge in [0, 0.05) is 34.4 Å². The molecule has 2 bridgehead atoms. The van der Waals surface area contributed by atoms with Gasteiger partial charge in [0.05, 0.1) is 5.69 Å².